The van der Waals surface area contributed by atoms with Gasteiger partial charge in [0.2, 0.25) is 0 Å². The summed E-state index contributed by atoms with van der Waals surface area (Å²) in [6.45, 7) is 1.60. The lowest BCUT2D eigenvalue weighted by Gasteiger charge is -2.39. The van der Waals surface area contributed by atoms with Crippen molar-refractivity contribution in [3.05, 3.63) is 46.3 Å². The van der Waals surface area contributed by atoms with Crippen LogP contribution in [0.3, 0.4) is 0 Å². The van der Waals surface area contributed by atoms with Crippen molar-refractivity contribution >= 4 is 33.3 Å². The molecule has 132 valence electrons. The quantitative estimate of drug-likeness (QED) is 0.842. The minimum absolute atomic E-state index is 0.0812. The monoisotopic (exact) mass is 407 g/mol. The first-order valence-electron chi connectivity index (χ1n) is 8.01. The number of amides is 1. The molecule has 1 atom stereocenters. The number of piperidine rings is 1. The van der Waals surface area contributed by atoms with Crippen molar-refractivity contribution in [1.29, 1.82) is 0 Å². The summed E-state index contributed by atoms with van der Waals surface area (Å²) in [4.78, 5) is 15.8. The number of carbonyl (C=O) groups is 1. The molecule has 1 saturated heterocycles. The average molecular weight is 408 g/mol. The zero-order chi connectivity index (χ0) is 18.0. The average Bonchev–Trinajstić information content (AvgIpc) is 2.61. The lowest BCUT2D eigenvalue weighted by atomic mass is 10.0. The van der Waals surface area contributed by atoms with Gasteiger partial charge in [0.1, 0.15) is 5.82 Å². The van der Waals surface area contributed by atoms with Gasteiger partial charge < -0.3 is 15.5 Å². The van der Waals surface area contributed by atoms with E-state index in [1.807, 2.05) is 24.1 Å². The van der Waals surface area contributed by atoms with E-state index in [2.05, 4.69) is 31.0 Å². The Morgan fingerprint density at radius 3 is 2.96 bits per heavy atom. The highest BCUT2D eigenvalue weighted by Crippen LogP contribution is 2.31. The Morgan fingerprint density at radius 1 is 1.48 bits per heavy atom. The van der Waals surface area contributed by atoms with Gasteiger partial charge in [-0.1, -0.05) is 15.9 Å². The van der Waals surface area contributed by atoms with Crippen molar-refractivity contribution < 1.29 is 9.18 Å². The van der Waals surface area contributed by atoms with Crippen LogP contribution in [0, 0.1) is 5.82 Å². The van der Waals surface area contributed by atoms with Crippen molar-refractivity contribution in [2.45, 2.75) is 18.9 Å². The molecule has 1 amide bonds. The molecule has 1 aliphatic rings. The summed E-state index contributed by atoms with van der Waals surface area (Å²) in [5.74, 6) is -0.574. The fourth-order valence-electron chi connectivity index (χ4n) is 3.22. The fraction of sp³-hybridized carbons (Fsp3) is 0.353. The molecule has 6 nitrogen and oxygen atoms in total. The molecule has 0 unspecified atom stereocenters. The molecule has 8 heteroatoms. The van der Waals surface area contributed by atoms with E-state index in [0.717, 1.165) is 25.2 Å². The van der Waals surface area contributed by atoms with Gasteiger partial charge in [0.25, 0.3) is 5.91 Å². The van der Waals surface area contributed by atoms with Gasteiger partial charge in [0.05, 0.1) is 11.3 Å². The molecule has 0 spiro atoms. The molecule has 0 radical (unpaired) electrons. The molecule has 1 fully saturated rings. The van der Waals surface area contributed by atoms with Crippen LogP contribution in [0.2, 0.25) is 0 Å². The smallest absolute Gasteiger partial charge is 0.253 e. The zero-order valence-corrected chi connectivity index (χ0v) is 15.4. The van der Waals surface area contributed by atoms with E-state index in [1.54, 1.807) is 12.3 Å². The standard InChI is InChI=1S/C17H19BrFN5O/c1-23(14-9-11(18)8-13(19)16(14)17(20)25)12-4-3-7-24(10-12)15-5-2-6-21-22-15/h2,5-6,8-9,12H,3-4,7,10H2,1H3,(H2,20,25)/t12-/m1/s1. The molecule has 0 bridgehead atoms. The summed E-state index contributed by atoms with van der Waals surface area (Å²) in [5.41, 5.74) is 5.81. The summed E-state index contributed by atoms with van der Waals surface area (Å²) < 4.78 is 14.8. The molecule has 3 rings (SSSR count). The summed E-state index contributed by atoms with van der Waals surface area (Å²) in [5, 5.41) is 8.08. The minimum atomic E-state index is -0.770. The van der Waals surface area contributed by atoms with E-state index in [-0.39, 0.29) is 11.6 Å². The van der Waals surface area contributed by atoms with Crippen molar-refractivity contribution in [3.63, 3.8) is 0 Å². The Balaban J connectivity index is 1.88. The summed E-state index contributed by atoms with van der Waals surface area (Å²) in [6, 6.07) is 6.85. The number of hydrogen-bond acceptors (Lipinski definition) is 5. The molecule has 1 aromatic heterocycles. The van der Waals surface area contributed by atoms with Crippen LogP contribution in [-0.2, 0) is 0 Å². The van der Waals surface area contributed by atoms with E-state index in [9.17, 15) is 9.18 Å². The van der Waals surface area contributed by atoms with Gasteiger partial charge in [-0.25, -0.2) is 4.39 Å². The third-order valence-electron chi connectivity index (χ3n) is 4.49. The van der Waals surface area contributed by atoms with Crippen LogP contribution in [0.5, 0.6) is 0 Å². The maximum atomic E-state index is 14.2. The Labute approximate surface area is 153 Å². The van der Waals surface area contributed by atoms with Crippen molar-refractivity contribution in [2.24, 2.45) is 5.73 Å². The molecule has 2 heterocycles. The number of halogens is 2. The minimum Gasteiger partial charge on any atom is -0.369 e. The molecule has 2 aromatic rings. The molecule has 1 aromatic carbocycles. The van der Waals surface area contributed by atoms with Crippen LogP contribution in [0.25, 0.3) is 0 Å². The second-order valence-corrected chi connectivity index (χ2v) is 7.00. The lowest BCUT2D eigenvalue weighted by molar-refractivity contribution is 0.0997. The van der Waals surface area contributed by atoms with Crippen LogP contribution in [0.1, 0.15) is 23.2 Å². The second kappa shape index (κ2) is 7.35. The van der Waals surface area contributed by atoms with E-state index in [1.165, 1.54) is 6.07 Å². The van der Waals surface area contributed by atoms with Gasteiger partial charge in [-0.2, -0.15) is 5.10 Å². The van der Waals surface area contributed by atoms with E-state index in [4.69, 9.17) is 5.73 Å². The molecule has 0 aliphatic carbocycles. The van der Waals surface area contributed by atoms with Crippen molar-refractivity contribution in [3.8, 4) is 0 Å². The Morgan fingerprint density at radius 2 is 2.28 bits per heavy atom. The van der Waals surface area contributed by atoms with Gasteiger partial charge in [-0.3, -0.25) is 4.79 Å². The Hall–Kier alpha value is -2.22. The maximum Gasteiger partial charge on any atom is 0.253 e. The number of likely N-dealkylation sites (N-methyl/N-ethyl adjacent to an activating group) is 1. The number of anilines is 2. The van der Waals surface area contributed by atoms with Crippen LogP contribution < -0.4 is 15.5 Å². The number of hydrogen-bond donors (Lipinski definition) is 1. The third kappa shape index (κ3) is 3.73. The van der Waals surface area contributed by atoms with Gasteiger partial charge in [0, 0.05) is 36.8 Å². The summed E-state index contributed by atoms with van der Waals surface area (Å²) in [7, 11) is 1.86. The van der Waals surface area contributed by atoms with Gasteiger partial charge >= 0.3 is 0 Å². The SMILES string of the molecule is CN(c1cc(Br)cc(F)c1C(N)=O)[C@@H]1CCCN(c2cccnn2)C1. The van der Waals surface area contributed by atoms with Crippen molar-refractivity contribution in [1.82, 2.24) is 10.2 Å². The third-order valence-corrected chi connectivity index (χ3v) is 4.94. The largest absolute Gasteiger partial charge is 0.369 e. The molecule has 0 saturated carbocycles. The van der Waals surface area contributed by atoms with E-state index >= 15 is 0 Å². The van der Waals surface area contributed by atoms with Crippen LogP contribution in [0.4, 0.5) is 15.9 Å². The molecule has 1 aliphatic heterocycles. The predicted molar refractivity (Wildman–Crippen MR) is 98.3 cm³/mol. The van der Waals surface area contributed by atoms with Crippen LogP contribution in [-0.4, -0.2) is 42.3 Å². The molecular weight excluding hydrogens is 389 g/mol. The van der Waals surface area contributed by atoms with Gasteiger partial charge in [0.15, 0.2) is 5.82 Å². The normalized spacial score (nSPS) is 17.4. The lowest BCUT2D eigenvalue weighted by Crippen LogP contribution is -2.47. The number of nitrogens with two attached hydrogens (primary N) is 1. The zero-order valence-electron chi connectivity index (χ0n) is 13.8. The number of nitrogens with zero attached hydrogens (tertiary/aromatic N) is 4. The molecule has 25 heavy (non-hydrogen) atoms. The number of aromatic nitrogens is 2. The molecular formula is C17H19BrFN5O. The summed E-state index contributed by atoms with van der Waals surface area (Å²) in [6.07, 6.45) is 3.54. The Kier molecular flexibility index (Phi) is 5.17. The van der Waals surface area contributed by atoms with Gasteiger partial charge in [-0.15, -0.1) is 5.10 Å². The highest BCUT2D eigenvalue weighted by atomic mass is 79.9. The van der Waals surface area contributed by atoms with Crippen LogP contribution in [0.15, 0.2) is 34.9 Å². The molecule has 2 N–H and O–H groups in total. The number of benzene rings is 1. The second-order valence-electron chi connectivity index (χ2n) is 6.08. The predicted octanol–water partition coefficient (Wildman–Crippen LogP) is 2.58. The maximum absolute atomic E-state index is 14.2. The first-order chi connectivity index (χ1) is 12.0. The van der Waals surface area contributed by atoms with E-state index in [0.29, 0.717) is 16.7 Å². The first-order valence-corrected chi connectivity index (χ1v) is 8.81. The van der Waals surface area contributed by atoms with Crippen LogP contribution >= 0.6 is 15.9 Å². The first kappa shape index (κ1) is 17.6. The highest BCUT2D eigenvalue weighted by Gasteiger charge is 2.27. The number of carbonyl (C=O) groups excluding carboxylic acids is 1. The number of rotatable bonds is 4. The number of primary amides is 1. The van der Waals surface area contributed by atoms with E-state index < -0.39 is 11.7 Å². The Bertz CT molecular complexity index is 773. The van der Waals surface area contributed by atoms with Crippen molar-refractivity contribution in [2.75, 3.05) is 29.9 Å². The summed E-state index contributed by atoms with van der Waals surface area (Å²) >= 11 is 3.29. The highest BCUT2D eigenvalue weighted by molar-refractivity contribution is 9.10. The fourth-order valence-corrected chi connectivity index (χ4v) is 3.64. The van der Waals surface area contributed by atoms with Gasteiger partial charge in [-0.05, 0) is 37.1 Å². The topological polar surface area (TPSA) is 75.3 Å².